The van der Waals surface area contributed by atoms with E-state index in [9.17, 15) is 9.59 Å². The third-order valence-corrected chi connectivity index (χ3v) is 3.97. The molecule has 122 valence electrons. The van der Waals surface area contributed by atoms with Gasteiger partial charge in [0.15, 0.2) is 5.78 Å². The van der Waals surface area contributed by atoms with Crippen LogP contribution in [0.4, 0.5) is 5.69 Å². The lowest BCUT2D eigenvalue weighted by Gasteiger charge is -2.08. The first-order chi connectivity index (χ1) is 11.5. The van der Waals surface area contributed by atoms with Crippen LogP contribution in [0.1, 0.15) is 33.3 Å². The number of ether oxygens (including phenoxy) is 1. The topological polar surface area (TPSA) is 71.2 Å². The largest absolute Gasteiger partial charge is 0.496 e. The number of benzene rings is 2. The van der Waals surface area contributed by atoms with Crippen molar-refractivity contribution in [3.05, 3.63) is 59.3 Å². The molecule has 3 aromatic rings. The number of anilines is 1. The first-order valence-electron chi connectivity index (χ1n) is 7.59. The maximum absolute atomic E-state index is 12.7. The molecule has 0 radical (unpaired) electrons. The first kappa shape index (κ1) is 15.8. The zero-order valence-electron chi connectivity index (χ0n) is 13.8. The Bertz CT molecular complexity index is 924. The van der Waals surface area contributed by atoms with Gasteiger partial charge in [-0.05, 0) is 50.2 Å². The van der Waals surface area contributed by atoms with E-state index in [0.717, 1.165) is 16.6 Å². The summed E-state index contributed by atoms with van der Waals surface area (Å²) in [6, 6.07) is 12.4. The lowest BCUT2D eigenvalue weighted by Crippen LogP contribution is -2.13. The number of amides is 1. The number of hydrogen-bond donors (Lipinski definition) is 2. The number of Topliss-reactive ketones (excluding diaryl/α,β-unsaturated/α-hetero) is 1. The van der Waals surface area contributed by atoms with Crippen molar-refractivity contribution in [3.63, 3.8) is 0 Å². The normalized spacial score (nSPS) is 10.6. The van der Waals surface area contributed by atoms with Crippen molar-refractivity contribution in [2.75, 3.05) is 12.4 Å². The monoisotopic (exact) mass is 322 g/mol. The fourth-order valence-corrected chi connectivity index (χ4v) is 2.78. The molecule has 1 heterocycles. The fraction of sp³-hybridized carbons (Fsp3) is 0.158. The summed E-state index contributed by atoms with van der Waals surface area (Å²) in [4.78, 5) is 27.3. The second-order valence-corrected chi connectivity index (χ2v) is 5.60. The van der Waals surface area contributed by atoms with E-state index < -0.39 is 0 Å². The van der Waals surface area contributed by atoms with E-state index in [-0.39, 0.29) is 11.7 Å². The molecule has 2 N–H and O–H groups in total. The number of ketones is 1. The van der Waals surface area contributed by atoms with E-state index >= 15 is 0 Å². The number of carbonyl (C=O) groups excluding carboxylic acids is 2. The van der Waals surface area contributed by atoms with Crippen molar-refractivity contribution in [2.45, 2.75) is 13.8 Å². The number of rotatable bonds is 4. The highest BCUT2D eigenvalue weighted by Crippen LogP contribution is 2.31. The molecule has 24 heavy (non-hydrogen) atoms. The van der Waals surface area contributed by atoms with Crippen molar-refractivity contribution in [1.82, 2.24) is 4.98 Å². The average molecular weight is 322 g/mol. The van der Waals surface area contributed by atoms with Crippen molar-refractivity contribution in [3.8, 4) is 5.75 Å². The minimum absolute atomic E-state index is 0.00918. The van der Waals surface area contributed by atoms with Gasteiger partial charge < -0.3 is 15.0 Å². The van der Waals surface area contributed by atoms with Crippen LogP contribution in [0.25, 0.3) is 10.9 Å². The van der Waals surface area contributed by atoms with Gasteiger partial charge in [0.05, 0.1) is 23.6 Å². The molecule has 0 aliphatic rings. The first-order valence-corrected chi connectivity index (χ1v) is 7.59. The zero-order chi connectivity index (χ0) is 17.3. The molecule has 2 aromatic carbocycles. The Morgan fingerprint density at radius 3 is 2.42 bits per heavy atom. The quantitative estimate of drug-likeness (QED) is 0.715. The summed E-state index contributed by atoms with van der Waals surface area (Å²) in [5.74, 6) is 0.415. The molecule has 1 amide bonds. The van der Waals surface area contributed by atoms with Crippen LogP contribution in [-0.2, 0) is 0 Å². The van der Waals surface area contributed by atoms with Crippen LogP contribution in [0.5, 0.6) is 5.75 Å². The van der Waals surface area contributed by atoms with E-state index in [1.165, 1.54) is 6.92 Å². The number of aromatic amines is 1. The molecule has 0 saturated heterocycles. The maximum Gasteiger partial charge on any atom is 0.258 e. The van der Waals surface area contributed by atoms with E-state index in [1.807, 2.05) is 25.1 Å². The summed E-state index contributed by atoms with van der Waals surface area (Å²) < 4.78 is 5.39. The van der Waals surface area contributed by atoms with E-state index in [2.05, 4.69) is 10.3 Å². The van der Waals surface area contributed by atoms with Crippen LogP contribution in [0.15, 0.2) is 42.5 Å². The van der Waals surface area contributed by atoms with Crippen LogP contribution in [0.3, 0.4) is 0 Å². The van der Waals surface area contributed by atoms with Crippen molar-refractivity contribution >= 4 is 28.3 Å². The van der Waals surface area contributed by atoms with Crippen LogP contribution in [0.2, 0.25) is 0 Å². The van der Waals surface area contributed by atoms with Crippen molar-refractivity contribution in [2.24, 2.45) is 0 Å². The smallest absolute Gasteiger partial charge is 0.258 e. The SMILES string of the molecule is COc1cccc2[nH]c(C)c(C(=O)Nc3ccc(C(C)=O)cc3)c12. The number of H-pyrrole nitrogens is 1. The number of aryl methyl sites for hydroxylation is 1. The van der Waals surface area contributed by atoms with Crippen molar-refractivity contribution < 1.29 is 14.3 Å². The molecule has 0 fully saturated rings. The molecule has 5 heteroatoms. The number of hydrogen-bond acceptors (Lipinski definition) is 3. The lowest BCUT2D eigenvalue weighted by molar-refractivity contribution is 0.101. The van der Waals surface area contributed by atoms with Crippen molar-refractivity contribution in [1.29, 1.82) is 0 Å². The Hall–Kier alpha value is -3.08. The molecule has 0 spiro atoms. The van der Waals surface area contributed by atoms with Gasteiger partial charge in [0.2, 0.25) is 0 Å². The molecular formula is C19H18N2O3. The minimum atomic E-state index is -0.223. The van der Waals surface area contributed by atoms with Gasteiger partial charge in [-0.1, -0.05) is 6.07 Å². The Labute approximate surface area is 139 Å². The van der Waals surface area contributed by atoms with Crippen LogP contribution < -0.4 is 10.1 Å². The maximum atomic E-state index is 12.7. The van der Waals surface area contributed by atoms with Gasteiger partial charge in [0, 0.05) is 16.9 Å². The Kier molecular flexibility index (Phi) is 4.08. The molecule has 0 bridgehead atoms. The van der Waals surface area contributed by atoms with Gasteiger partial charge >= 0.3 is 0 Å². The minimum Gasteiger partial charge on any atom is -0.496 e. The molecule has 3 rings (SSSR count). The number of aromatic nitrogens is 1. The molecular weight excluding hydrogens is 304 g/mol. The van der Waals surface area contributed by atoms with E-state index in [4.69, 9.17) is 4.74 Å². The summed E-state index contributed by atoms with van der Waals surface area (Å²) in [6.07, 6.45) is 0. The standard InChI is InChI=1S/C19H18N2O3/c1-11-17(18-15(20-11)5-4-6-16(18)24-3)19(23)21-14-9-7-13(8-10-14)12(2)22/h4-10,20H,1-3H3,(H,21,23). The van der Waals surface area contributed by atoms with Gasteiger partial charge in [-0.25, -0.2) is 0 Å². The summed E-state index contributed by atoms with van der Waals surface area (Å²) in [5, 5.41) is 3.63. The second kappa shape index (κ2) is 6.20. The molecule has 0 saturated carbocycles. The van der Waals surface area contributed by atoms with Gasteiger partial charge in [-0.2, -0.15) is 0 Å². The van der Waals surface area contributed by atoms with Crippen LogP contribution >= 0.6 is 0 Å². The molecule has 0 aliphatic heterocycles. The second-order valence-electron chi connectivity index (χ2n) is 5.60. The predicted octanol–water partition coefficient (Wildman–Crippen LogP) is 3.94. The third kappa shape index (κ3) is 2.76. The van der Waals surface area contributed by atoms with Gasteiger partial charge in [-0.3, -0.25) is 9.59 Å². The summed E-state index contributed by atoms with van der Waals surface area (Å²) in [5.41, 5.74) is 3.42. The highest BCUT2D eigenvalue weighted by molar-refractivity contribution is 6.15. The molecule has 0 atom stereocenters. The van der Waals surface area contributed by atoms with E-state index in [1.54, 1.807) is 31.4 Å². The number of nitrogens with one attached hydrogen (secondary N) is 2. The Morgan fingerprint density at radius 1 is 1.08 bits per heavy atom. The Balaban J connectivity index is 1.97. The van der Waals surface area contributed by atoms with E-state index in [0.29, 0.717) is 22.6 Å². The summed E-state index contributed by atoms with van der Waals surface area (Å²) in [7, 11) is 1.58. The number of fused-ring (bicyclic) bond motifs is 1. The third-order valence-electron chi connectivity index (χ3n) is 3.97. The van der Waals surface area contributed by atoms with Gasteiger partial charge in [0.1, 0.15) is 5.75 Å². The molecule has 5 nitrogen and oxygen atoms in total. The molecule has 0 aliphatic carbocycles. The number of methoxy groups -OCH3 is 1. The van der Waals surface area contributed by atoms with Crippen LogP contribution in [0, 0.1) is 6.92 Å². The highest BCUT2D eigenvalue weighted by atomic mass is 16.5. The van der Waals surface area contributed by atoms with Crippen LogP contribution in [-0.4, -0.2) is 23.8 Å². The summed E-state index contributed by atoms with van der Waals surface area (Å²) >= 11 is 0. The highest BCUT2D eigenvalue weighted by Gasteiger charge is 2.19. The van der Waals surface area contributed by atoms with Gasteiger partial charge in [0.25, 0.3) is 5.91 Å². The fourth-order valence-electron chi connectivity index (χ4n) is 2.78. The Morgan fingerprint density at radius 2 is 1.79 bits per heavy atom. The lowest BCUT2D eigenvalue weighted by atomic mass is 10.1. The average Bonchev–Trinajstić information content (AvgIpc) is 2.91. The van der Waals surface area contributed by atoms with Gasteiger partial charge in [-0.15, -0.1) is 0 Å². The summed E-state index contributed by atoms with van der Waals surface area (Å²) in [6.45, 7) is 3.36. The molecule has 1 aromatic heterocycles. The molecule has 0 unspecified atom stereocenters. The zero-order valence-corrected chi connectivity index (χ0v) is 13.8. The number of carbonyl (C=O) groups is 2. The predicted molar refractivity (Wildman–Crippen MR) is 94.0 cm³/mol.